The van der Waals surface area contributed by atoms with Gasteiger partial charge in [0.05, 0.1) is 25.8 Å². The Bertz CT molecular complexity index is 1850. The standard InChI is InChI=1S/C29H28N6O10S/c36-23-13-21(33(14-19-7-3-1-4-8-19)17-24(23)45-18-20-9-5-2-6-10-20)15-32-11-12-35(27(39)26(32)38)46(43,44)31-28(40)34-16-22(25(34)37)30-29(41)42/h1-10,13,17,22,30H,11-12,14-16,18H2,(H,31,40)(H,41,42)/t22-/m0/s1. The highest BCUT2D eigenvalue weighted by molar-refractivity contribution is 7.88. The number of likely N-dealkylation sites (tertiary alicyclic amines) is 1. The largest absolute Gasteiger partial charge is 0.483 e. The quantitative estimate of drug-likeness (QED) is 0.199. The van der Waals surface area contributed by atoms with Crippen molar-refractivity contribution in [2.75, 3.05) is 19.6 Å². The maximum absolute atomic E-state index is 13.1. The molecule has 3 heterocycles. The number of carbonyl (C=O) groups excluding carboxylic acids is 4. The number of hydrogen-bond donors (Lipinski definition) is 3. The Hall–Kier alpha value is -5.71. The number of nitrogens with zero attached hydrogens (tertiary/aromatic N) is 4. The summed E-state index contributed by atoms with van der Waals surface area (Å²) in [5, 5.41) is 10.6. The SMILES string of the molecule is O=C(O)N[C@H]1CN(C(=O)NS(=O)(=O)N2CCN(Cc3cc(=O)c(OCc4ccccc4)cn3Cc3ccccc3)C(=O)C2=O)C1=O. The van der Waals surface area contributed by atoms with Gasteiger partial charge in [-0.3, -0.25) is 24.1 Å². The summed E-state index contributed by atoms with van der Waals surface area (Å²) in [5.41, 5.74) is 1.62. The molecule has 0 bridgehead atoms. The van der Waals surface area contributed by atoms with Gasteiger partial charge < -0.3 is 24.6 Å². The highest BCUT2D eigenvalue weighted by Crippen LogP contribution is 2.18. The third-order valence-electron chi connectivity index (χ3n) is 7.22. The number of imide groups is 1. The molecule has 1 atom stereocenters. The van der Waals surface area contributed by atoms with Crippen molar-refractivity contribution in [1.29, 1.82) is 0 Å². The Labute approximate surface area is 261 Å². The molecule has 2 aliphatic heterocycles. The number of β-lactam (4-membered cyclic amide) rings is 1. The number of aromatic nitrogens is 1. The van der Waals surface area contributed by atoms with Gasteiger partial charge in [0.15, 0.2) is 5.75 Å². The van der Waals surface area contributed by atoms with Crippen LogP contribution in [0, 0.1) is 0 Å². The summed E-state index contributed by atoms with van der Waals surface area (Å²) in [7, 11) is -4.90. The van der Waals surface area contributed by atoms with Crippen LogP contribution in [0.1, 0.15) is 16.8 Å². The molecule has 16 nitrogen and oxygen atoms in total. The number of ether oxygens (including phenoxy) is 1. The van der Waals surface area contributed by atoms with Gasteiger partial charge in [-0.15, -0.1) is 0 Å². The average molecular weight is 653 g/mol. The first-order chi connectivity index (χ1) is 21.9. The van der Waals surface area contributed by atoms with Crippen molar-refractivity contribution in [1.82, 2.24) is 28.7 Å². The predicted molar refractivity (Wildman–Crippen MR) is 158 cm³/mol. The molecule has 5 rings (SSSR count). The van der Waals surface area contributed by atoms with Gasteiger partial charge in [-0.1, -0.05) is 60.7 Å². The van der Waals surface area contributed by atoms with Crippen LogP contribution < -0.4 is 20.2 Å². The Morgan fingerprint density at radius 2 is 1.54 bits per heavy atom. The summed E-state index contributed by atoms with van der Waals surface area (Å²) in [6.07, 6.45) is 0.0152. The Morgan fingerprint density at radius 1 is 0.891 bits per heavy atom. The van der Waals surface area contributed by atoms with Crippen LogP contribution in [0.5, 0.6) is 5.75 Å². The van der Waals surface area contributed by atoms with Crippen molar-refractivity contribution in [2.45, 2.75) is 25.7 Å². The molecule has 2 aliphatic rings. The number of rotatable bonds is 10. The molecule has 0 aliphatic carbocycles. The highest BCUT2D eigenvalue weighted by atomic mass is 32.2. The van der Waals surface area contributed by atoms with Crippen LogP contribution in [-0.2, 0) is 44.3 Å². The number of urea groups is 1. The molecule has 3 aromatic rings. The molecule has 17 heteroatoms. The zero-order chi connectivity index (χ0) is 33.0. The van der Waals surface area contributed by atoms with E-state index >= 15 is 0 Å². The Balaban J connectivity index is 1.29. The van der Waals surface area contributed by atoms with Gasteiger partial charge in [0, 0.05) is 24.8 Å². The topological polar surface area (TPSA) is 205 Å². The van der Waals surface area contributed by atoms with E-state index in [-0.39, 0.29) is 29.8 Å². The third kappa shape index (κ3) is 6.99. The molecule has 240 valence electrons. The molecule has 1 aromatic heterocycles. The van der Waals surface area contributed by atoms with Crippen molar-refractivity contribution in [3.05, 3.63) is 100.0 Å². The predicted octanol–water partition coefficient (Wildman–Crippen LogP) is 0.0792. The lowest BCUT2D eigenvalue weighted by Gasteiger charge is -2.37. The first-order valence-electron chi connectivity index (χ1n) is 13.9. The molecule has 3 N–H and O–H groups in total. The first-order valence-corrected chi connectivity index (χ1v) is 15.3. The van der Waals surface area contributed by atoms with Gasteiger partial charge in [-0.05, 0) is 11.1 Å². The normalized spacial score (nSPS) is 16.6. The van der Waals surface area contributed by atoms with Crippen molar-refractivity contribution in [3.63, 3.8) is 0 Å². The molecule has 0 saturated carbocycles. The fourth-order valence-corrected chi connectivity index (χ4v) is 5.88. The van der Waals surface area contributed by atoms with E-state index in [1.54, 1.807) is 9.29 Å². The van der Waals surface area contributed by atoms with E-state index in [4.69, 9.17) is 9.84 Å². The summed E-state index contributed by atoms with van der Waals surface area (Å²) in [6, 6.07) is 17.2. The minimum absolute atomic E-state index is 0.0725. The van der Waals surface area contributed by atoms with Crippen LogP contribution in [-0.4, -0.2) is 87.7 Å². The molecular weight excluding hydrogens is 624 g/mol. The van der Waals surface area contributed by atoms with Gasteiger partial charge in [0.2, 0.25) is 5.43 Å². The number of pyridine rings is 1. The molecule has 2 aromatic carbocycles. The number of carbonyl (C=O) groups is 5. The number of hydrogen-bond acceptors (Lipinski definition) is 9. The van der Waals surface area contributed by atoms with Gasteiger partial charge in [-0.25, -0.2) is 18.6 Å². The summed E-state index contributed by atoms with van der Waals surface area (Å²) in [5.74, 6) is -3.56. The van der Waals surface area contributed by atoms with Gasteiger partial charge in [-0.2, -0.15) is 8.42 Å². The molecule has 0 radical (unpaired) electrons. The molecule has 0 unspecified atom stereocenters. The van der Waals surface area contributed by atoms with E-state index in [1.807, 2.05) is 66.0 Å². The van der Waals surface area contributed by atoms with Crippen LogP contribution in [0.4, 0.5) is 9.59 Å². The zero-order valence-corrected chi connectivity index (χ0v) is 24.9. The van der Waals surface area contributed by atoms with E-state index in [1.165, 1.54) is 12.3 Å². The first kappa shape index (κ1) is 31.7. The lowest BCUT2D eigenvalue weighted by atomic mass is 10.1. The number of piperazine rings is 1. The number of benzene rings is 2. The lowest BCUT2D eigenvalue weighted by Crippen LogP contribution is -2.68. The second kappa shape index (κ2) is 13.1. The average Bonchev–Trinajstić information content (AvgIpc) is 3.02. The van der Waals surface area contributed by atoms with Crippen molar-refractivity contribution in [3.8, 4) is 5.75 Å². The van der Waals surface area contributed by atoms with Crippen LogP contribution in [0.15, 0.2) is 77.7 Å². The molecule has 46 heavy (non-hydrogen) atoms. The van der Waals surface area contributed by atoms with Crippen LogP contribution in [0.25, 0.3) is 0 Å². The van der Waals surface area contributed by atoms with E-state index < -0.39 is 64.6 Å². The minimum atomic E-state index is -4.90. The van der Waals surface area contributed by atoms with Gasteiger partial charge >= 0.3 is 34.1 Å². The summed E-state index contributed by atoms with van der Waals surface area (Å²) < 4.78 is 34.9. The molecular formula is C29H28N6O10S. The van der Waals surface area contributed by atoms with Gasteiger partial charge in [0.25, 0.3) is 5.91 Å². The van der Waals surface area contributed by atoms with E-state index in [2.05, 4.69) is 0 Å². The van der Waals surface area contributed by atoms with Crippen molar-refractivity contribution < 1.29 is 42.2 Å². The number of nitrogens with one attached hydrogen (secondary N) is 2. The smallest absolute Gasteiger partial charge is 0.405 e. The fraction of sp³-hybridized carbons (Fsp3) is 0.241. The van der Waals surface area contributed by atoms with Crippen LogP contribution in [0.3, 0.4) is 0 Å². The number of carboxylic acid groups (broad SMARTS) is 1. The maximum Gasteiger partial charge on any atom is 0.405 e. The van der Waals surface area contributed by atoms with E-state index in [0.29, 0.717) is 17.1 Å². The Morgan fingerprint density at radius 3 is 2.17 bits per heavy atom. The summed E-state index contributed by atoms with van der Waals surface area (Å²) in [6.45, 7) is -0.991. The fourth-order valence-electron chi connectivity index (χ4n) is 4.82. The lowest BCUT2D eigenvalue weighted by molar-refractivity contribution is -0.152. The van der Waals surface area contributed by atoms with E-state index in [0.717, 1.165) is 16.0 Å². The highest BCUT2D eigenvalue weighted by Gasteiger charge is 2.45. The molecule has 2 saturated heterocycles. The maximum atomic E-state index is 13.1. The molecule has 2 fully saturated rings. The summed E-state index contributed by atoms with van der Waals surface area (Å²) in [4.78, 5) is 75.6. The minimum Gasteiger partial charge on any atom is -0.483 e. The second-order valence-corrected chi connectivity index (χ2v) is 11.9. The molecule has 0 spiro atoms. The monoisotopic (exact) mass is 652 g/mol. The zero-order valence-electron chi connectivity index (χ0n) is 24.1. The Kier molecular flexibility index (Phi) is 9.04. The van der Waals surface area contributed by atoms with Gasteiger partial charge in [0.1, 0.15) is 12.6 Å². The third-order valence-corrected chi connectivity index (χ3v) is 8.58. The molecule has 6 amide bonds. The van der Waals surface area contributed by atoms with Crippen molar-refractivity contribution in [2.24, 2.45) is 0 Å². The number of amides is 6. The van der Waals surface area contributed by atoms with Crippen LogP contribution >= 0.6 is 0 Å². The van der Waals surface area contributed by atoms with E-state index in [9.17, 15) is 37.2 Å². The second-order valence-electron chi connectivity index (χ2n) is 10.3. The van der Waals surface area contributed by atoms with Crippen molar-refractivity contribution >= 4 is 40.1 Å². The van der Waals surface area contributed by atoms with Crippen LogP contribution in [0.2, 0.25) is 0 Å². The summed E-state index contributed by atoms with van der Waals surface area (Å²) >= 11 is 0.